The molecule has 1 aliphatic heterocycles. The van der Waals surface area contributed by atoms with Crippen LogP contribution >= 0.6 is 0 Å². The topological polar surface area (TPSA) is 122 Å². The van der Waals surface area contributed by atoms with Gasteiger partial charge in [-0.1, -0.05) is 0 Å². The molecule has 112 valence electrons. The second kappa shape index (κ2) is 7.04. The Kier molecular flexibility index (Phi) is 5.98. The molecule has 8 nitrogen and oxygen atoms in total. The van der Waals surface area contributed by atoms with E-state index in [1.165, 1.54) is 11.4 Å². The summed E-state index contributed by atoms with van der Waals surface area (Å²) in [6.07, 6.45) is -0.655. The molecule has 19 heavy (non-hydrogen) atoms. The largest absolute Gasteiger partial charge is 0.449 e. The Morgan fingerprint density at radius 1 is 1.53 bits per heavy atom. The number of hydrogen-bond donors (Lipinski definition) is 3. The highest BCUT2D eigenvalue weighted by Gasteiger charge is 2.29. The SMILES string of the molecule is CNC(O)CS(=O)(=O)N1CCC(COC(N)=O)CC1. The second-order valence-corrected chi connectivity index (χ2v) is 6.57. The predicted octanol–water partition coefficient (Wildman–Crippen LogP) is -1.34. The number of nitrogens with zero attached hydrogens (tertiary/aromatic N) is 1. The summed E-state index contributed by atoms with van der Waals surface area (Å²) < 4.78 is 30.0. The number of piperidine rings is 1. The van der Waals surface area contributed by atoms with E-state index in [1.54, 1.807) is 0 Å². The molecule has 1 amide bonds. The lowest BCUT2D eigenvalue weighted by Crippen LogP contribution is -2.44. The van der Waals surface area contributed by atoms with Crippen LogP contribution < -0.4 is 11.1 Å². The van der Waals surface area contributed by atoms with E-state index < -0.39 is 22.3 Å². The van der Waals surface area contributed by atoms with E-state index in [0.717, 1.165) is 0 Å². The van der Waals surface area contributed by atoms with E-state index in [-0.39, 0.29) is 18.3 Å². The van der Waals surface area contributed by atoms with Crippen LogP contribution in [0, 0.1) is 5.92 Å². The molecule has 0 bridgehead atoms. The van der Waals surface area contributed by atoms with E-state index >= 15 is 0 Å². The summed E-state index contributed by atoms with van der Waals surface area (Å²) in [5.74, 6) is -0.209. The fraction of sp³-hybridized carbons (Fsp3) is 0.900. The van der Waals surface area contributed by atoms with E-state index in [0.29, 0.717) is 25.9 Å². The first-order valence-electron chi connectivity index (χ1n) is 6.10. The van der Waals surface area contributed by atoms with Crippen molar-refractivity contribution in [3.8, 4) is 0 Å². The highest BCUT2D eigenvalue weighted by Crippen LogP contribution is 2.20. The minimum Gasteiger partial charge on any atom is -0.449 e. The molecule has 9 heteroatoms. The molecular weight excluding hydrogens is 274 g/mol. The highest BCUT2D eigenvalue weighted by molar-refractivity contribution is 7.89. The minimum absolute atomic E-state index is 0.133. The average Bonchev–Trinajstić information content (AvgIpc) is 2.36. The van der Waals surface area contributed by atoms with Gasteiger partial charge in [0.05, 0.1) is 6.61 Å². The van der Waals surface area contributed by atoms with Gasteiger partial charge in [0.15, 0.2) is 0 Å². The predicted molar refractivity (Wildman–Crippen MR) is 68.7 cm³/mol. The van der Waals surface area contributed by atoms with Crippen LogP contribution in [0.1, 0.15) is 12.8 Å². The molecule has 1 aliphatic rings. The van der Waals surface area contributed by atoms with Gasteiger partial charge in [-0.05, 0) is 25.8 Å². The summed E-state index contributed by atoms with van der Waals surface area (Å²) in [4.78, 5) is 10.5. The number of hydrogen-bond acceptors (Lipinski definition) is 6. The number of primary amides is 1. The summed E-state index contributed by atoms with van der Waals surface area (Å²) in [7, 11) is -1.97. The normalized spacial score (nSPS) is 20.1. The van der Waals surface area contributed by atoms with Gasteiger partial charge < -0.3 is 15.6 Å². The first-order valence-corrected chi connectivity index (χ1v) is 7.71. The Morgan fingerprint density at radius 2 is 2.11 bits per heavy atom. The first-order chi connectivity index (χ1) is 8.85. The Morgan fingerprint density at radius 3 is 2.58 bits per heavy atom. The maximum atomic E-state index is 11.9. The van der Waals surface area contributed by atoms with Crippen molar-refractivity contribution in [2.45, 2.75) is 19.1 Å². The number of amides is 1. The zero-order valence-electron chi connectivity index (χ0n) is 10.9. The van der Waals surface area contributed by atoms with Gasteiger partial charge in [-0.3, -0.25) is 5.32 Å². The molecule has 1 unspecified atom stereocenters. The van der Waals surface area contributed by atoms with Gasteiger partial charge in [0.2, 0.25) is 10.0 Å². The number of rotatable bonds is 6. The van der Waals surface area contributed by atoms with Crippen molar-refractivity contribution >= 4 is 16.1 Å². The Hall–Kier alpha value is -0.900. The Bertz CT molecular complexity index is 392. The summed E-state index contributed by atoms with van der Waals surface area (Å²) >= 11 is 0. The van der Waals surface area contributed by atoms with Crippen LogP contribution in [-0.2, 0) is 14.8 Å². The van der Waals surface area contributed by atoms with Crippen molar-refractivity contribution in [1.29, 1.82) is 0 Å². The van der Waals surface area contributed by atoms with Gasteiger partial charge in [0, 0.05) is 13.1 Å². The molecule has 1 saturated heterocycles. The van der Waals surface area contributed by atoms with E-state index in [2.05, 4.69) is 5.32 Å². The molecule has 1 rings (SSSR count). The first kappa shape index (κ1) is 16.2. The Balaban J connectivity index is 2.42. The average molecular weight is 295 g/mol. The van der Waals surface area contributed by atoms with E-state index in [4.69, 9.17) is 10.5 Å². The van der Waals surface area contributed by atoms with Gasteiger partial charge in [-0.25, -0.2) is 17.5 Å². The summed E-state index contributed by atoms with van der Waals surface area (Å²) in [6.45, 7) is 0.958. The van der Waals surface area contributed by atoms with Crippen LogP contribution in [0.2, 0.25) is 0 Å². The number of carbonyl (C=O) groups is 1. The quantitative estimate of drug-likeness (QED) is 0.521. The fourth-order valence-electron chi connectivity index (χ4n) is 1.94. The zero-order chi connectivity index (χ0) is 14.5. The van der Waals surface area contributed by atoms with Crippen molar-refractivity contribution in [2.24, 2.45) is 11.7 Å². The number of aliphatic hydroxyl groups excluding tert-OH is 1. The molecule has 1 atom stereocenters. The monoisotopic (exact) mass is 295 g/mol. The van der Waals surface area contributed by atoms with Crippen molar-refractivity contribution in [3.63, 3.8) is 0 Å². The van der Waals surface area contributed by atoms with Crippen LogP contribution in [0.3, 0.4) is 0 Å². The van der Waals surface area contributed by atoms with Gasteiger partial charge in [-0.15, -0.1) is 0 Å². The number of aliphatic hydroxyl groups is 1. The van der Waals surface area contributed by atoms with Crippen molar-refractivity contribution in [2.75, 3.05) is 32.5 Å². The van der Waals surface area contributed by atoms with Crippen molar-refractivity contribution in [1.82, 2.24) is 9.62 Å². The van der Waals surface area contributed by atoms with Gasteiger partial charge in [0.1, 0.15) is 12.0 Å². The minimum atomic E-state index is -3.46. The van der Waals surface area contributed by atoms with Crippen LogP contribution in [0.5, 0.6) is 0 Å². The number of nitrogens with one attached hydrogen (secondary N) is 1. The third kappa shape index (κ3) is 5.31. The van der Waals surface area contributed by atoms with Crippen LogP contribution in [-0.4, -0.2) is 62.6 Å². The number of nitrogens with two attached hydrogens (primary N) is 1. The highest BCUT2D eigenvalue weighted by atomic mass is 32.2. The third-order valence-electron chi connectivity index (χ3n) is 3.13. The summed E-state index contributed by atoms with van der Waals surface area (Å²) in [5, 5.41) is 11.8. The fourth-order valence-corrected chi connectivity index (χ4v) is 3.49. The third-order valence-corrected chi connectivity index (χ3v) is 5.02. The van der Waals surface area contributed by atoms with Gasteiger partial charge in [-0.2, -0.15) is 0 Å². The molecule has 0 aromatic heterocycles. The lowest BCUT2D eigenvalue weighted by atomic mass is 9.99. The maximum absolute atomic E-state index is 11.9. The van der Waals surface area contributed by atoms with E-state index in [1.807, 2.05) is 0 Å². The number of carbonyl (C=O) groups excluding carboxylic acids is 1. The Labute approximate surface area is 112 Å². The lowest BCUT2D eigenvalue weighted by Gasteiger charge is -2.31. The van der Waals surface area contributed by atoms with Crippen molar-refractivity contribution < 1.29 is 23.1 Å². The van der Waals surface area contributed by atoms with Crippen LogP contribution in [0.15, 0.2) is 0 Å². The molecule has 0 aliphatic carbocycles. The molecule has 0 aromatic carbocycles. The molecule has 4 N–H and O–H groups in total. The van der Waals surface area contributed by atoms with E-state index in [9.17, 15) is 18.3 Å². The number of sulfonamides is 1. The van der Waals surface area contributed by atoms with Gasteiger partial charge >= 0.3 is 6.09 Å². The molecule has 0 spiro atoms. The van der Waals surface area contributed by atoms with Crippen LogP contribution in [0.4, 0.5) is 4.79 Å². The summed E-state index contributed by atoms with van der Waals surface area (Å²) in [6, 6.07) is 0. The molecule has 1 heterocycles. The maximum Gasteiger partial charge on any atom is 0.404 e. The number of ether oxygens (including phenoxy) is 1. The smallest absolute Gasteiger partial charge is 0.404 e. The summed E-state index contributed by atoms with van der Waals surface area (Å²) in [5.41, 5.74) is 4.87. The van der Waals surface area contributed by atoms with Gasteiger partial charge in [0.25, 0.3) is 0 Å². The zero-order valence-corrected chi connectivity index (χ0v) is 11.7. The lowest BCUT2D eigenvalue weighted by molar-refractivity contribution is 0.117. The standard InChI is InChI=1S/C10H21N3O5S/c1-12-9(14)7-19(16,17)13-4-2-8(3-5-13)6-18-10(11)15/h8-9,12,14H,2-7H2,1H3,(H2,11,15). The molecular formula is C10H21N3O5S. The molecule has 0 aromatic rings. The molecule has 0 saturated carbocycles. The van der Waals surface area contributed by atoms with Crippen molar-refractivity contribution in [3.05, 3.63) is 0 Å². The molecule has 0 radical (unpaired) electrons. The molecule has 1 fully saturated rings. The van der Waals surface area contributed by atoms with Crippen LogP contribution in [0.25, 0.3) is 0 Å². The second-order valence-electron chi connectivity index (χ2n) is 4.56.